The van der Waals surface area contributed by atoms with E-state index in [4.69, 9.17) is 9.47 Å². The SMILES string of the molecule is CCC(C)(C)Oc1ccc(CCCCNS(=O)(=O)c2ccccc2[N+](=O)[O-])c(OC(C)(C)CC)c1. The largest absolute Gasteiger partial charge is 0.488 e. The Bertz CT molecular complexity index is 1110. The number of benzene rings is 2. The number of nitrogens with one attached hydrogen (secondary N) is 1. The number of aryl methyl sites for hydroxylation is 1. The number of rotatable bonds is 14. The van der Waals surface area contributed by atoms with Crippen LogP contribution in [0.4, 0.5) is 5.69 Å². The molecule has 9 heteroatoms. The first-order valence-electron chi connectivity index (χ1n) is 12.0. The molecule has 2 aromatic rings. The zero-order valence-electron chi connectivity index (χ0n) is 21.6. The summed E-state index contributed by atoms with van der Waals surface area (Å²) < 4.78 is 40.1. The van der Waals surface area contributed by atoms with Crippen LogP contribution in [-0.4, -0.2) is 31.1 Å². The van der Waals surface area contributed by atoms with Gasteiger partial charge >= 0.3 is 0 Å². The molecule has 0 atom stereocenters. The van der Waals surface area contributed by atoms with Crippen LogP contribution < -0.4 is 14.2 Å². The van der Waals surface area contributed by atoms with Crippen LogP contribution in [0.2, 0.25) is 0 Å². The summed E-state index contributed by atoms with van der Waals surface area (Å²) in [4.78, 5) is 10.1. The van der Waals surface area contributed by atoms with Gasteiger partial charge in [-0.1, -0.05) is 32.0 Å². The lowest BCUT2D eigenvalue weighted by Crippen LogP contribution is -2.28. The van der Waals surface area contributed by atoms with E-state index in [1.807, 2.05) is 45.9 Å². The minimum Gasteiger partial charge on any atom is -0.488 e. The highest BCUT2D eigenvalue weighted by atomic mass is 32.2. The molecule has 0 heterocycles. The molecule has 0 radical (unpaired) electrons. The number of nitrogens with zero attached hydrogens (tertiary/aromatic N) is 1. The van der Waals surface area contributed by atoms with Crippen molar-refractivity contribution in [2.75, 3.05) is 6.54 Å². The monoisotopic (exact) mass is 506 g/mol. The molecule has 0 saturated heterocycles. The van der Waals surface area contributed by atoms with Gasteiger partial charge in [-0.15, -0.1) is 0 Å². The quantitative estimate of drug-likeness (QED) is 0.190. The van der Waals surface area contributed by atoms with Gasteiger partial charge in [0.15, 0.2) is 4.90 Å². The second-order valence-electron chi connectivity index (χ2n) is 9.78. The van der Waals surface area contributed by atoms with Crippen LogP contribution in [0.15, 0.2) is 47.4 Å². The van der Waals surface area contributed by atoms with Gasteiger partial charge in [-0.2, -0.15) is 0 Å². The third kappa shape index (κ3) is 8.50. The molecule has 1 N–H and O–H groups in total. The molecule has 0 aliphatic heterocycles. The molecule has 0 fully saturated rings. The molecule has 0 aromatic heterocycles. The van der Waals surface area contributed by atoms with Crippen molar-refractivity contribution in [3.05, 3.63) is 58.1 Å². The first kappa shape index (κ1) is 28.6. The summed E-state index contributed by atoms with van der Waals surface area (Å²) in [5.41, 5.74) is -0.0406. The number of nitro groups is 1. The summed E-state index contributed by atoms with van der Waals surface area (Å²) in [7, 11) is -3.98. The maximum Gasteiger partial charge on any atom is 0.289 e. The zero-order chi connectivity index (χ0) is 26.3. The number of unbranched alkanes of at least 4 members (excludes halogenated alkanes) is 1. The Morgan fingerprint density at radius 3 is 2.20 bits per heavy atom. The van der Waals surface area contributed by atoms with Crippen LogP contribution >= 0.6 is 0 Å². The molecule has 0 bridgehead atoms. The molecule has 2 aromatic carbocycles. The molecule has 0 spiro atoms. The second-order valence-corrected chi connectivity index (χ2v) is 11.5. The molecule has 0 aliphatic rings. The average Bonchev–Trinajstić information content (AvgIpc) is 2.79. The lowest BCUT2D eigenvalue weighted by atomic mass is 10.0. The van der Waals surface area contributed by atoms with Crippen LogP contribution in [0.1, 0.15) is 72.8 Å². The van der Waals surface area contributed by atoms with Crippen molar-refractivity contribution >= 4 is 15.7 Å². The summed E-state index contributed by atoms with van der Waals surface area (Å²) >= 11 is 0. The van der Waals surface area contributed by atoms with Gasteiger partial charge in [0.25, 0.3) is 5.69 Å². The Kier molecular flexibility index (Phi) is 9.68. The molecule has 0 saturated carbocycles. The van der Waals surface area contributed by atoms with Crippen molar-refractivity contribution in [1.82, 2.24) is 4.72 Å². The first-order chi connectivity index (χ1) is 16.3. The number of sulfonamides is 1. The van der Waals surface area contributed by atoms with Crippen molar-refractivity contribution in [3.8, 4) is 11.5 Å². The van der Waals surface area contributed by atoms with E-state index in [0.717, 1.165) is 29.9 Å². The van der Waals surface area contributed by atoms with E-state index in [1.165, 1.54) is 24.3 Å². The van der Waals surface area contributed by atoms with E-state index in [0.29, 0.717) is 19.3 Å². The zero-order valence-corrected chi connectivity index (χ0v) is 22.4. The van der Waals surface area contributed by atoms with Gasteiger partial charge in [0, 0.05) is 18.7 Å². The van der Waals surface area contributed by atoms with Crippen LogP contribution in [0.5, 0.6) is 11.5 Å². The van der Waals surface area contributed by atoms with Crippen LogP contribution in [0.25, 0.3) is 0 Å². The molecule has 35 heavy (non-hydrogen) atoms. The van der Waals surface area contributed by atoms with Gasteiger partial charge in [-0.3, -0.25) is 10.1 Å². The fraction of sp³-hybridized carbons (Fsp3) is 0.538. The number of para-hydroxylation sites is 1. The maximum absolute atomic E-state index is 12.6. The Morgan fingerprint density at radius 1 is 0.943 bits per heavy atom. The van der Waals surface area contributed by atoms with Crippen LogP contribution in [0, 0.1) is 10.1 Å². The van der Waals surface area contributed by atoms with Crippen molar-refractivity contribution in [2.45, 2.75) is 89.7 Å². The van der Waals surface area contributed by atoms with E-state index in [2.05, 4.69) is 18.6 Å². The Hall–Kier alpha value is -2.65. The minimum absolute atomic E-state index is 0.177. The van der Waals surface area contributed by atoms with Gasteiger partial charge in [-0.05, 0) is 77.5 Å². The van der Waals surface area contributed by atoms with Crippen LogP contribution in [0.3, 0.4) is 0 Å². The average molecular weight is 507 g/mol. The van der Waals surface area contributed by atoms with E-state index >= 15 is 0 Å². The number of nitro benzene ring substituents is 1. The Balaban J connectivity index is 2.05. The van der Waals surface area contributed by atoms with Crippen molar-refractivity contribution in [2.24, 2.45) is 0 Å². The third-order valence-electron chi connectivity index (χ3n) is 6.04. The standard InChI is InChI=1S/C26H38N2O6S/c1-7-25(3,4)33-21-17-16-20(23(19-21)34-26(5,6)8-2)13-11-12-18-27-35(31,32)24-15-10-9-14-22(24)28(29)30/h9-10,14-17,19,27H,7-8,11-13,18H2,1-6H3. The summed E-state index contributed by atoms with van der Waals surface area (Å²) in [5, 5.41) is 11.2. The second kappa shape index (κ2) is 11.9. The fourth-order valence-corrected chi connectivity index (χ4v) is 4.47. The summed E-state index contributed by atoms with van der Waals surface area (Å²) in [5.74, 6) is 1.52. The van der Waals surface area contributed by atoms with Crippen molar-refractivity contribution in [3.63, 3.8) is 0 Å². The number of ether oxygens (including phenoxy) is 2. The molecule has 0 aliphatic carbocycles. The Labute approximate surface area is 209 Å². The minimum atomic E-state index is -3.98. The van der Waals surface area contributed by atoms with Gasteiger partial charge in [0.2, 0.25) is 10.0 Å². The summed E-state index contributed by atoms with van der Waals surface area (Å²) in [6.45, 7) is 12.5. The number of hydrogen-bond donors (Lipinski definition) is 1. The highest BCUT2D eigenvalue weighted by Gasteiger charge is 2.25. The highest BCUT2D eigenvalue weighted by Crippen LogP contribution is 2.32. The Morgan fingerprint density at radius 2 is 1.57 bits per heavy atom. The van der Waals surface area contributed by atoms with Crippen LogP contribution in [-0.2, 0) is 16.4 Å². The third-order valence-corrected chi connectivity index (χ3v) is 7.55. The molecule has 194 valence electrons. The van der Waals surface area contributed by atoms with Crippen molar-refractivity contribution < 1.29 is 22.8 Å². The molecule has 0 unspecified atom stereocenters. The van der Waals surface area contributed by atoms with E-state index in [9.17, 15) is 18.5 Å². The van der Waals surface area contributed by atoms with Gasteiger partial charge in [0.05, 0.1) is 4.92 Å². The molecule has 2 rings (SSSR count). The van der Waals surface area contributed by atoms with E-state index < -0.39 is 20.6 Å². The molecular weight excluding hydrogens is 468 g/mol. The summed E-state index contributed by atoms with van der Waals surface area (Å²) in [6.07, 6.45) is 3.68. The molecule has 8 nitrogen and oxygen atoms in total. The number of hydrogen-bond acceptors (Lipinski definition) is 6. The van der Waals surface area contributed by atoms with Gasteiger partial charge < -0.3 is 9.47 Å². The van der Waals surface area contributed by atoms with Crippen molar-refractivity contribution in [1.29, 1.82) is 0 Å². The molecular formula is C26H38N2O6S. The maximum atomic E-state index is 12.6. The predicted molar refractivity (Wildman–Crippen MR) is 138 cm³/mol. The first-order valence-corrected chi connectivity index (χ1v) is 13.5. The lowest BCUT2D eigenvalue weighted by molar-refractivity contribution is -0.387. The smallest absolute Gasteiger partial charge is 0.289 e. The molecule has 0 amide bonds. The summed E-state index contributed by atoms with van der Waals surface area (Å²) in [6, 6.07) is 11.2. The predicted octanol–water partition coefficient (Wildman–Crippen LogP) is 6.03. The van der Waals surface area contributed by atoms with Gasteiger partial charge in [0.1, 0.15) is 22.7 Å². The topological polar surface area (TPSA) is 108 Å². The van der Waals surface area contributed by atoms with E-state index in [1.54, 1.807) is 0 Å². The normalized spacial score (nSPS) is 12.4. The van der Waals surface area contributed by atoms with Gasteiger partial charge in [-0.25, -0.2) is 13.1 Å². The van der Waals surface area contributed by atoms with E-state index in [-0.39, 0.29) is 22.6 Å². The lowest BCUT2D eigenvalue weighted by Gasteiger charge is -2.29. The fourth-order valence-electron chi connectivity index (χ4n) is 3.22. The highest BCUT2D eigenvalue weighted by molar-refractivity contribution is 7.89.